The SMILES string of the molecule is Cn1nnc(Cc2ccc(N3CCCN(C(=O)OCc4ccccc4)CC3)cc2)n1. The second-order valence-electron chi connectivity index (χ2n) is 7.41. The molecule has 3 aromatic rings. The number of carbonyl (C=O) groups is 1. The Hall–Kier alpha value is -3.42. The van der Waals surface area contributed by atoms with Gasteiger partial charge in [-0.3, -0.25) is 0 Å². The Morgan fingerprint density at radius 1 is 0.967 bits per heavy atom. The summed E-state index contributed by atoms with van der Waals surface area (Å²) >= 11 is 0. The van der Waals surface area contributed by atoms with Crippen LogP contribution in [0.2, 0.25) is 0 Å². The monoisotopic (exact) mass is 406 g/mol. The average molecular weight is 406 g/mol. The quantitative estimate of drug-likeness (QED) is 0.648. The fourth-order valence-electron chi connectivity index (χ4n) is 3.57. The number of rotatable bonds is 5. The molecule has 2 heterocycles. The smallest absolute Gasteiger partial charge is 0.410 e. The summed E-state index contributed by atoms with van der Waals surface area (Å²) in [6.45, 7) is 3.36. The molecule has 0 spiro atoms. The third-order valence-corrected chi connectivity index (χ3v) is 5.17. The zero-order valence-corrected chi connectivity index (χ0v) is 17.1. The molecule has 1 aliphatic rings. The van der Waals surface area contributed by atoms with E-state index in [0.717, 1.165) is 36.3 Å². The van der Waals surface area contributed by atoms with Crippen LogP contribution in [0.15, 0.2) is 54.6 Å². The number of nitrogens with zero attached hydrogens (tertiary/aromatic N) is 6. The summed E-state index contributed by atoms with van der Waals surface area (Å²) in [6, 6.07) is 18.2. The number of anilines is 1. The summed E-state index contributed by atoms with van der Waals surface area (Å²) < 4.78 is 5.49. The van der Waals surface area contributed by atoms with Gasteiger partial charge in [-0.25, -0.2) is 4.79 Å². The van der Waals surface area contributed by atoms with Crippen LogP contribution in [0, 0.1) is 0 Å². The predicted molar refractivity (Wildman–Crippen MR) is 113 cm³/mol. The van der Waals surface area contributed by atoms with Crippen molar-refractivity contribution in [2.45, 2.75) is 19.4 Å². The van der Waals surface area contributed by atoms with Crippen LogP contribution < -0.4 is 4.90 Å². The normalized spacial score (nSPS) is 14.4. The summed E-state index contributed by atoms with van der Waals surface area (Å²) in [4.78, 5) is 18.0. The van der Waals surface area contributed by atoms with E-state index in [9.17, 15) is 4.79 Å². The van der Waals surface area contributed by atoms with Crippen molar-refractivity contribution in [3.63, 3.8) is 0 Å². The number of ether oxygens (including phenoxy) is 1. The second-order valence-corrected chi connectivity index (χ2v) is 7.41. The van der Waals surface area contributed by atoms with Crippen molar-refractivity contribution >= 4 is 11.8 Å². The van der Waals surface area contributed by atoms with Gasteiger partial charge in [-0.15, -0.1) is 10.2 Å². The van der Waals surface area contributed by atoms with Crippen molar-refractivity contribution < 1.29 is 9.53 Å². The van der Waals surface area contributed by atoms with Crippen LogP contribution in [0.4, 0.5) is 10.5 Å². The number of aromatic nitrogens is 4. The molecule has 1 saturated heterocycles. The van der Waals surface area contributed by atoms with Crippen molar-refractivity contribution in [3.05, 3.63) is 71.5 Å². The Labute approximate surface area is 176 Å². The first-order chi connectivity index (χ1) is 14.7. The Bertz CT molecular complexity index is 957. The highest BCUT2D eigenvalue weighted by Crippen LogP contribution is 2.19. The van der Waals surface area contributed by atoms with E-state index in [1.807, 2.05) is 30.3 Å². The number of tetrazole rings is 1. The minimum atomic E-state index is -0.243. The maximum absolute atomic E-state index is 12.5. The lowest BCUT2D eigenvalue weighted by Crippen LogP contribution is -2.35. The predicted octanol–water partition coefficient (Wildman–Crippen LogP) is 2.65. The number of amides is 1. The maximum atomic E-state index is 12.5. The van der Waals surface area contributed by atoms with Gasteiger partial charge in [-0.2, -0.15) is 4.80 Å². The van der Waals surface area contributed by atoms with Crippen molar-refractivity contribution in [1.82, 2.24) is 25.1 Å². The van der Waals surface area contributed by atoms with E-state index >= 15 is 0 Å². The summed E-state index contributed by atoms with van der Waals surface area (Å²) in [5.41, 5.74) is 3.30. The Balaban J connectivity index is 1.29. The fraction of sp³-hybridized carbons (Fsp3) is 0.364. The molecule has 0 unspecified atom stereocenters. The number of benzene rings is 2. The van der Waals surface area contributed by atoms with E-state index in [0.29, 0.717) is 31.9 Å². The highest BCUT2D eigenvalue weighted by molar-refractivity contribution is 5.67. The van der Waals surface area contributed by atoms with Crippen LogP contribution in [-0.4, -0.2) is 57.4 Å². The van der Waals surface area contributed by atoms with E-state index in [1.54, 1.807) is 11.9 Å². The van der Waals surface area contributed by atoms with Crippen LogP contribution in [0.25, 0.3) is 0 Å². The first-order valence-electron chi connectivity index (χ1n) is 10.2. The number of hydrogen-bond donors (Lipinski definition) is 0. The minimum Gasteiger partial charge on any atom is -0.445 e. The lowest BCUT2D eigenvalue weighted by Gasteiger charge is -2.23. The summed E-state index contributed by atoms with van der Waals surface area (Å²) in [5, 5.41) is 12.1. The lowest BCUT2D eigenvalue weighted by molar-refractivity contribution is 0.0986. The van der Waals surface area contributed by atoms with Gasteiger partial charge in [0, 0.05) is 38.3 Å². The molecule has 1 fully saturated rings. The van der Waals surface area contributed by atoms with Gasteiger partial charge in [-0.1, -0.05) is 42.5 Å². The van der Waals surface area contributed by atoms with Gasteiger partial charge < -0.3 is 14.5 Å². The molecule has 8 nitrogen and oxygen atoms in total. The fourth-order valence-corrected chi connectivity index (χ4v) is 3.57. The molecular weight excluding hydrogens is 380 g/mol. The van der Waals surface area contributed by atoms with Gasteiger partial charge in [0.15, 0.2) is 5.82 Å². The van der Waals surface area contributed by atoms with Crippen LogP contribution in [0.5, 0.6) is 0 Å². The first-order valence-corrected chi connectivity index (χ1v) is 10.2. The molecule has 0 saturated carbocycles. The van der Waals surface area contributed by atoms with Crippen molar-refractivity contribution in [2.75, 3.05) is 31.1 Å². The molecule has 2 aromatic carbocycles. The van der Waals surface area contributed by atoms with E-state index in [2.05, 4.69) is 44.6 Å². The van der Waals surface area contributed by atoms with E-state index in [4.69, 9.17) is 4.74 Å². The highest BCUT2D eigenvalue weighted by atomic mass is 16.6. The number of carbonyl (C=O) groups excluding carboxylic acids is 1. The standard InChI is InChI=1S/C22H26N6O2/c1-26-24-21(23-25-26)16-18-8-10-20(11-9-18)27-12-5-13-28(15-14-27)22(29)30-17-19-6-3-2-4-7-19/h2-4,6-11H,5,12-17H2,1H3. The molecule has 0 N–H and O–H groups in total. The van der Waals surface area contributed by atoms with E-state index < -0.39 is 0 Å². The molecule has 156 valence electrons. The van der Waals surface area contributed by atoms with E-state index in [-0.39, 0.29) is 6.09 Å². The van der Waals surface area contributed by atoms with Gasteiger partial charge in [0.05, 0.1) is 7.05 Å². The van der Waals surface area contributed by atoms with Crippen LogP contribution >= 0.6 is 0 Å². The van der Waals surface area contributed by atoms with Gasteiger partial charge in [0.2, 0.25) is 0 Å². The molecule has 4 rings (SSSR count). The third-order valence-electron chi connectivity index (χ3n) is 5.17. The molecule has 0 aliphatic carbocycles. The van der Waals surface area contributed by atoms with Crippen LogP contribution in [0.1, 0.15) is 23.4 Å². The largest absolute Gasteiger partial charge is 0.445 e. The second kappa shape index (κ2) is 9.39. The molecule has 0 atom stereocenters. The van der Waals surface area contributed by atoms with Crippen LogP contribution in [-0.2, 0) is 24.8 Å². The lowest BCUT2D eigenvalue weighted by atomic mass is 10.1. The summed E-state index contributed by atoms with van der Waals surface area (Å²) in [6.07, 6.45) is 1.33. The molecular formula is C22H26N6O2. The zero-order valence-electron chi connectivity index (χ0n) is 17.1. The molecule has 30 heavy (non-hydrogen) atoms. The molecule has 1 aliphatic heterocycles. The summed E-state index contributed by atoms with van der Waals surface area (Å²) in [5.74, 6) is 0.713. The Morgan fingerprint density at radius 2 is 1.77 bits per heavy atom. The Kier molecular flexibility index (Phi) is 6.22. The van der Waals surface area contributed by atoms with Gasteiger partial charge in [0.1, 0.15) is 6.61 Å². The minimum absolute atomic E-state index is 0.243. The number of aryl methyl sites for hydroxylation is 1. The molecule has 0 bridgehead atoms. The highest BCUT2D eigenvalue weighted by Gasteiger charge is 2.20. The van der Waals surface area contributed by atoms with Gasteiger partial charge >= 0.3 is 6.09 Å². The third kappa shape index (κ3) is 5.14. The number of hydrogen-bond acceptors (Lipinski definition) is 6. The summed E-state index contributed by atoms with van der Waals surface area (Å²) in [7, 11) is 1.76. The molecule has 0 radical (unpaired) electrons. The molecule has 1 amide bonds. The first kappa shape index (κ1) is 19.9. The van der Waals surface area contributed by atoms with Crippen molar-refractivity contribution in [1.29, 1.82) is 0 Å². The van der Waals surface area contributed by atoms with Crippen molar-refractivity contribution in [2.24, 2.45) is 7.05 Å². The topological polar surface area (TPSA) is 76.4 Å². The molecule has 8 heteroatoms. The van der Waals surface area contributed by atoms with Crippen molar-refractivity contribution in [3.8, 4) is 0 Å². The zero-order chi connectivity index (χ0) is 20.8. The molecule has 1 aromatic heterocycles. The van der Waals surface area contributed by atoms with Gasteiger partial charge in [-0.05, 0) is 34.9 Å². The van der Waals surface area contributed by atoms with Crippen LogP contribution in [0.3, 0.4) is 0 Å². The maximum Gasteiger partial charge on any atom is 0.410 e. The average Bonchev–Trinajstić information content (AvgIpc) is 3.03. The van der Waals surface area contributed by atoms with E-state index in [1.165, 1.54) is 4.80 Å². The Morgan fingerprint density at radius 3 is 2.50 bits per heavy atom. The van der Waals surface area contributed by atoms with Gasteiger partial charge in [0.25, 0.3) is 0 Å².